The van der Waals surface area contributed by atoms with Crippen LogP contribution in [0.5, 0.6) is 0 Å². The number of rotatable bonds is 5. The number of carbonyl (C=O) groups is 2. The summed E-state index contributed by atoms with van der Waals surface area (Å²) in [4.78, 5) is 28.5. The van der Waals surface area contributed by atoms with Gasteiger partial charge in [-0.2, -0.15) is 0 Å². The van der Waals surface area contributed by atoms with E-state index in [0.29, 0.717) is 19.1 Å². The molecule has 19 heavy (non-hydrogen) atoms. The van der Waals surface area contributed by atoms with Crippen LogP contribution in [0.2, 0.25) is 0 Å². The number of carboxylic acids is 1. The molecule has 6 heteroatoms. The predicted octanol–water partition coefficient (Wildman–Crippen LogP) is 0.927. The van der Waals surface area contributed by atoms with Crippen LogP contribution in [0, 0.1) is 0 Å². The van der Waals surface area contributed by atoms with Crippen LogP contribution in [0.1, 0.15) is 27.2 Å². The zero-order chi connectivity index (χ0) is 14.6. The molecule has 0 aromatic carbocycles. The van der Waals surface area contributed by atoms with Crippen LogP contribution < -0.4 is 0 Å². The number of carboxylic acid groups (broad SMARTS) is 1. The highest BCUT2D eigenvalue weighted by molar-refractivity contribution is 5.82. The van der Waals surface area contributed by atoms with Gasteiger partial charge in [0.25, 0.3) is 0 Å². The summed E-state index contributed by atoms with van der Waals surface area (Å²) in [5.74, 6) is -0.977. The fourth-order valence-electron chi connectivity index (χ4n) is 2.51. The summed E-state index contributed by atoms with van der Waals surface area (Å²) in [6.45, 7) is 9.11. The lowest BCUT2D eigenvalue weighted by Gasteiger charge is -2.29. The number of likely N-dealkylation sites (tertiary alicyclic amines) is 1. The molecule has 1 saturated heterocycles. The third-order valence-electron chi connectivity index (χ3n) is 4.00. The molecular formula is C13H25N3O3. The van der Waals surface area contributed by atoms with Gasteiger partial charge in [-0.15, -0.1) is 0 Å². The summed E-state index contributed by atoms with van der Waals surface area (Å²) in [6.07, 6.45) is 0.961. The standard InChI is InChI=1S/C13H25N3O3/c1-5-15(6-2)11-7-8-16(9-11)13(19)14(4)10(3)12(17)18/h10-11H,5-9H2,1-4H3,(H,17,18). The Bertz CT molecular complexity index is 331. The van der Waals surface area contributed by atoms with E-state index in [4.69, 9.17) is 5.11 Å². The Morgan fingerprint density at radius 1 is 1.37 bits per heavy atom. The molecule has 0 radical (unpaired) electrons. The summed E-state index contributed by atoms with van der Waals surface area (Å²) >= 11 is 0. The maximum absolute atomic E-state index is 12.2. The minimum atomic E-state index is -0.977. The second-order valence-corrected chi connectivity index (χ2v) is 5.02. The predicted molar refractivity (Wildman–Crippen MR) is 73.2 cm³/mol. The number of hydrogen-bond donors (Lipinski definition) is 1. The van der Waals surface area contributed by atoms with Crippen molar-refractivity contribution in [3.8, 4) is 0 Å². The number of hydrogen-bond acceptors (Lipinski definition) is 3. The van der Waals surface area contributed by atoms with Crippen LogP contribution in [0.3, 0.4) is 0 Å². The Balaban J connectivity index is 2.59. The number of likely N-dealkylation sites (N-methyl/N-ethyl adjacent to an activating group) is 2. The minimum Gasteiger partial charge on any atom is -0.480 e. The van der Waals surface area contributed by atoms with Gasteiger partial charge in [-0.25, -0.2) is 9.59 Å². The highest BCUT2D eigenvalue weighted by atomic mass is 16.4. The van der Waals surface area contributed by atoms with Crippen molar-refractivity contribution in [2.24, 2.45) is 0 Å². The zero-order valence-electron chi connectivity index (χ0n) is 12.3. The van der Waals surface area contributed by atoms with Crippen molar-refractivity contribution in [2.45, 2.75) is 39.3 Å². The molecule has 0 aromatic heterocycles. The normalized spacial score (nSPS) is 20.7. The third-order valence-corrected chi connectivity index (χ3v) is 4.00. The van der Waals surface area contributed by atoms with E-state index in [9.17, 15) is 9.59 Å². The molecule has 2 amide bonds. The monoisotopic (exact) mass is 271 g/mol. The van der Waals surface area contributed by atoms with Crippen LogP contribution in [0.15, 0.2) is 0 Å². The van der Waals surface area contributed by atoms with Crippen molar-refractivity contribution < 1.29 is 14.7 Å². The summed E-state index contributed by atoms with van der Waals surface area (Å²) < 4.78 is 0. The van der Waals surface area contributed by atoms with Crippen molar-refractivity contribution in [3.05, 3.63) is 0 Å². The fraction of sp³-hybridized carbons (Fsp3) is 0.846. The summed E-state index contributed by atoms with van der Waals surface area (Å²) in [5, 5.41) is 8.94. The van der Waals surface area contributed by atoms with Gasteiger partial charge in [-0.1, -0.05) is 13.8 Å². The molecule has 1 aliphatic rings. The molecule has 0 spiro atoms. The van der Waals surface area contributed by atoms with Crippen molar-refractivity contribution in [3.63, 3.8) is 0 Å². The molecule has 0 bridgehead atoms. The van der Waals surface area contributed by atoms with E-state index < -0.39 is 12.0 Å². The first-order valence-corrected chi connectivity index (χ1v) is 6.90. The lowest BCUT2D eigenvalue weighted by atomic mass is 10.2. The average molecular weight is 271 g/mol. The highest BCUT2D eigenvalue weighted by Crippen LogP contribution is 2.17. The van der Waals surface area contributed by atoms with E-state index in [-0.39, 0.29) is 6.03 Å². The van der Waals surface area contributed by atoms with Crippen LogP contribution in [0.25, 0.3) is 0 Å². The van der Waals surface area contributed by atoms with Gasteiger partial charge < -0.3 is 14.9 Å². The van der Waals surface area contributed by atoms with Crippen molar-refractivity contribution >= 4 is 12.0 Å². The largest absolute Gasteiger partial charge is 0.480 e. The number of aliphatic carboxylic acids is 1. The second kappa shape index (κ2) is 6.75. The van der Waals surface area contributed by atoms with Gasteiger partial charge in [0.1, 0.15) is 6.04 Å². The quantitative estimate of drug-likeness (QED) is 0.808. The lowest BCUT2D eigenvalue weighted by molar-refractivity contribution is -0.141. The van der Waals surface area contributed by atoms with E-state index in [1.807, 2.05) is 0 Å². The molecule has 1 rings (SSSR count). The Kier molecular flexibility index (Phi) is 5.60. The van der Waals surface area contributed by atoms with Crippen molar-refractivity contribution in [1.82, 2.24) is 14.7 Å². The van der Waals surface area contributed by atoms with Gasteiger partial charge in [-0.3, -0.25) is 4.90 Å². The van der Waals surface area contributed by atoms with Gasteiger partial charge >= 0.3 is 12.0 Å². The molecular weight excluding hydrogens is 246 g/mol. The van der Waals surface area contributed by atoms with Gasteiger partial charge in [0.05, 0.1) is 0 Å². The second-order valence-electron chi connectivity index (χ2n) is 5.02. The van der Waals surface area contributed by atoms with Crippen LogP contribution in [-0.4, -0.2) is 77.1 Å². The molecule has 2 unspecified atom stereocenters. The minimum absolute atomic E-state index is 0.190. The van der Waals surface area contributed by atoms with Gasteiger partial charge in [0.15, 0.2) is 0 Å². The molecule has 2 atom stereocenters. The lowest BCUT2D eigenvalue weighted by Crippen LogP contribution is -2.48. The fourth-order valence-corrected chi connectivity index (χ4v) is 2.51. The van der Waals surface area contributed by atoms with Gasteiger partial charge in [-0.05, 0) is 26.4 Å². The van der Waals surface area contributed by atoms with E-state index in [1.165, 1.54) is 11.8 Å². The third kappa shape index (κ3) is 3.59. The molecule has 0 aliphatic carbocycles. The molecule has 1 aliphatic heterocycles. The molecule has 1 fully saturated rings. The van der Waals surface area contributed by atoms with E-state index >= 15 is 0 Å². The van der Waals surface area contributed by atoms with Crippen LogP contribution in [0.4, 0.5) is 4.79 Å². The first kappa shape index (κ1) is 15.8. The number of urea groups is 1. The van der Waals surface area contributed by atoms with Gasteiger partial charge in [0.2, 0.25) is 0 Å². The number of nitrogens with zero attached hydrogens (tertiary/aromatic N) is 3. The first-order chi connectivity index (χ1) is 8.92. The van der Waals surface area contributed by atoms with Gasteiger partial charge in [0, 0.05) is 26.2 Å². The number of amides is 2. The van der Waals surface area contributed by atoms with Crippen molar-refractivity contribution in [1.29, 1.82) is 0 Å². The number of carbonyl (C=O) groups excluding carboxylic acids is 1. The molecule has 0 aromatic rings. The molecule has 110 valence electrons. The summed E-state index contributed by atoms with van der Waals surface area (Å²) in [6, 6.07) is -0.586. The van der Waals surface area contributed by atoms with Crippen molar-refractivity contribution in [2.75, 3.05) is 33.2 Å². The van der Waals surface area contributed by atoms with E-state index in [2.05, 4.69) is 18.7 Å². The maximum atomic E-state index is 12.2. The zero-order valence-corrected chi connectivity index (χ0v) is 12.3. The van der Waals surface area contributed by atoms with Crippen LogP contribution >= 0.6 is 0 Å². The smallest absolute Gasteiger partial charge is 0.326 e. The Labute approximate surface area is 115 Å². The molecule has 6 nitrogen and oxygen atoms in total. The van der Waals surface area contributed by atoms with E-state index in [0.717, 1.165) is 19.5 Å². The summed E-state index contributed by atoms with van der Waals surface area (Å²) in [5.41, 5.74) is 0. The Morgan fingerprint density at radius 3 is 2.42 bits per heavy atom. The maximum Gasteiger partial charge on any atom is 0.326 e. The molecule has 0 saturated carbocycles. The first-order valence-electron chi connectivity index (χ1n) is 6.90. The average Bonchev–Trinajstić information content (AvgIpc) is 2.87. The summed E-state index contributed by atoms with van der Waals surface area (Å²) in [7, 11) is 1.55. The van der Waals surface area contributed by atoms with E-state index in [1.54, 1.807) is 11.9 Å². The Morgan fingerprint density at radius 2 is 1.95 bits per heavy atom. The Hall–Kier alpha value is -1.30. The molecule has 1 heterocycles. The van der Waals surface area contributed by atoms with Crippen LogP contribution in [-0.2, 0) is 4.79 Å². The SMILES string of the molecule is CCN(CC)C1CCN(C(=O)N(C)C(C)C(=O)O)C1. The highest BCUT2D eigenvalue weighted by Gasteiger charge is 2.33. The molecule has 1 N–H and O–H groups in total. The topological polar surface area (TPSA) is 64.1 Å².